The summed E-state index contributed by atoms with van der Waals surface area (Å²) >= 11 is 0. The van der Waals surface area contributed by atoms with Gasteiger partial charge in [0.05, 0.1) is 40.3 Å². The van der Waals surface area contributed by atoms with E-state index in [1.807, 2.05) is 21.1 Å². The van der Waals surface area contributed by atoms with E-state index < -0.39 is 24.3 Å². The van der Waals surface area contributed by atoms with Crippen LogP contribution in [0.2, 0.25) is 0 Å². The van der Waals surface area contributed by atoms with E-state index >= 15 is 0 Å². The van der Waals surface area contributed by atoms with Gasteiger partial charge >= 0.3 is 11.9 Å². The number of likely N-dealkylation sites (N-methyl/N-ethyl adjacent to an activating group) is 1. The number of hydrogen-bond donors (Lipinski definition) is 0. The van der Waals surface area contributed by atoms with Crippen molar-refractivity contribution in [1.29, 1.82) is 0 Å². The SMILES string of the molecule is CC/C=C\C/C=C\C/C=C\C/C=C\CCCCCCCCCCCCCCCCCCC(=O)OC(COC(=O)CCCCCCCCCCCCCCCCCCCCCCCCCCCCCCCCCCCCCCC)COC(OCC[N+](C)(C)C)C(=O)[O-]. The number of allylic oxidation sites excluding steroid dienone is 8. The molecule has 0 aromatic carbocycles. The van der Waals surface area contributed by atoms with Gasteiger partial charge in [0.15, 0.2) is 12.4 Å². The van der Waals surface area contributed by atoms with E-state index in [4.69, 9.17) is 18.9 Å². The third kappa shape index (κ3) is 74.5. The van der Waals surface area contributed by atoms with Crippen molar-refractivity contribution in [2.45, 2.75) is 411 Å². The molecule has 0 saturated heterocycles. The first kappa shape index (κ1) is 88.2. The van der Waals surface area contributed by atoms with Crippen molar-refractivity contribution in [2.75, 3.05) is 47.5 Å². The van der Waals surface area contributed by atoms with Gasteiger partial charge in [-0.3, -0.25) is 9.59 Å². The maximum absolute atomic E-state index is 13.0. The lowest BCUT2D eigenvalue weighted by Crippen LogP contribution is -2.44. The van der Waals surface area contributed by atoms with Gasteiger partial charge < -0.3 is 33.3 Å². The number of hydrogen-bond acceptors (Lipinski definition) is 8. The maximum Gasteiger partial charge on any atom is 0.306 e. The monoisotopic (exact) mass is 1280 g/mol. The minimum Gasteiger partial charge on any atom is -0.545 e. The van der Waals surface area contributed by atoms with Crippen LogP contribution in [0.5, 0.6) is 0 Å². The Labute approximate surface area is 565 Å². The Morgan fingerprint density at radius 3 is 0.934 bits per heavy atom. The van der Waals surface area contributed by atoms with Crippen molar-refractivity contribution in [3.63, 3.8) is 0 Å². The average molecular weight is 1280 g/mol. The molecule has 91 heavy (non-hydrogen) atoms. The molecule has 0 fully saturated rings. The molecule has 0 spiro atoms. The second-order valence-corrected chi connectivity index (χ2v) is 28.3. The number of carbonyl (C=O) groups excluding carboxylic acids is 3. The fourth-order valence-electron chi connectivity index (χ4n) is 12.1. The van der Waals surface area contributed by atoms with E-state index in [0.29, 0.717) is 23.9 Å². The first-order valence-electron chi connectivity index (χ1n) is 39.8. The molecule has 0 aromatic heterocycles. The van der Waals surface area contributed by atoms with Gasteiger partial charge in [0.25, 0.3) is 0 Å². The van der Waals surface area contributed by atoms with Crippen molar-refractivity contribution < 1.29 is 42.9 Å². The molecule has 0 heterocycles. The lowest BCUT2D eigenvalue weighted by atomic mass is 10.0. The van der Waals surface area contributed by atoms with Crippen molar-refractivity contribution in [3.05, 3.63) is 48.6 Å². The topological polar surface area (TPSA) is 111 Å². The number of rotatable bonds is 75. The van der Waals surface area contributed by atoms with E-state index in [-0.39, 0.29) is 32.2 Å². The number of carboxylic acid groups (broad SMARTS) is 1. The van der Waals surface area contributed by atoms with Gasteiger partial charge in [-0.1, -0.05) is 383 Å². The highest BCUT2D eigenvalue weighted by Gasteiger charge is 2.22. The molecule has 0 aliphatic heterocycles. The molecular formula is C82H153NO8. The molecule has 534 valence electrons. The number of carbonyl (C=O) groups is 3. The molecule has 0 aromatic rings. The predicted molar refractivity (Wildman–Crippen MR) is 389 cm³/mol. The van der Waals surface area contributed by atoms with Crippen molar-refractivity contribution in [2.24, 2.45) is 0 Å². The number of ether oxygens (including phenoxy) is 4. The molecule has 2 atom stereocenters. The maximum atomic E-state index is 13.0. The summed E-state index contributed by atoms with van der Waals surface area (Å²) in [7, 11) is 5.95. The van der Waals surface area contributed by atoms with Crippen LogP contribution in [0.25, 0.3) is 0 Å². The number of carboxylic acids is 1. The largest absolute Gasteiger partial charge is 0.545 e. The van der Waals surface area contributed by atoms with Crippen LogP contribution >= 0.6 is 0 Å². The van der Waals surface area contributed by atoms with E-state index in [0.717, 1.165) is 57.8 Å². The lowest BCUT2D eigenvalue weighted by molar-refractivity contribution is -0.870. The van der Waals surface area contributed by atoms with Gasteiger partial charge in [-0.15, -0.1) is 0 Å². The van der Waals surface area contributed by atoms with Crippen LogP contribution in [0.15, 0.2) is 48.6 Å². The third-order valence-electron chi connectivity index (χ3n) is 18.1. The van der Waals surface area contributed by atoms with Crippen LogP contribution in [-0.2, 0) is 33.3 Å². The van der Waals surface area contributed by atoms with Crippen LogP contribution in [0.1, 0.15) is 399 Å². The van der Waals surface area contributed by atoms with E-state index in [2.05, 4.69) is 62.5 Å². The highest BCUT2D eigenvalue weighted by molar-refractivity contribution is 5.70. The summed E-state index contributed by atoms with van der Waals surface area (Å²) in [6, 6.07) is 0. The Bertz CT molecular complexity index is 1630. The zero-order valence-electron chi connectivity index (χ0n) is 61.2. The molecule has 0 rings (SSSR count). The predicted octanol–water partition coefficient (Wildman–Crippen LogP) is 23.9. The summed E-state index contributed by atoms with van der Waals surface area (Å²) in [5, 5.41) is 11.9. The van der Waals surface area contributed by atoms with Crippen LogP contribution in [-0.4, -0.2) is 82.3 Å². The van der Waals surface area contributed by atoms with Crippen molar-refractivity contribution in [3.8, 4) is 0 Å². The summed E-state index contributed by atoms with van der Waals surface area (Å²) in [6.07, 6.45) is 92.4. The number of aliphatic carboxylic acids is 1. The van der Waals surface area contributed by atoms with Crippen LogP contribution in [0, 0.1) is 0 Å². The second-order valence-electron chi connectivity index (χ2n) is 28.3. The molecule has 0 radical (unpaired) electrons. The summed E-state index contributed by atoms with van der Waals surface area (Å²) < 4.78 is 22.9. The van der Waals surface area contributed by atoms with Crippen molar-refractivity contribution in [1.82, 2.24) is 0 Å². The molecule has 0 aliphatic rings. The molecule has 0 N–H and O–H groups in total. The van der Waals surface area contributed by atoms with Crippen LogP contribution in [0.4, 0.5) is 0 Å². The van der Waals surface area contributed by atoms with E-state index in [1.165, 1.54) is 308 Å². The Hall–Kier alpha value is -2.75. The van der Waals surface area contributed by atoms with Gasteiger partial charge in [-0.2, -0.15) is 0 Å². The molecule has 0 amide bonds. The summed E-state index contributed by atoms with van der Waals surface area (Å²) in [5.74, 6) is -2.25. The van der Waals surface area contributed by atoms with Crippen molar-refractivity contribution >= 4 is 17.9 Å². The van der Waals surface area contributed by atoms with Gasteiger partial charge in [0.2, 0.25) is 0 Å². The van der Waals surface area contributed by atoms with Gasteiger partial charge in [-0.25, -0.2) is 0 Å². The molecule has 0 bridgehead atoms. The minimum atomic E-state index is -1.62. The average Bonchev–Trinajstić information content (AvgIpc) is 3.66. The minimum absolute atomic E-state index is 0.150. The third-order valence-corrected chi connectivity index (χ3v) is 18.1. The Kier molecular flexibility index (Phi) is 70.9. The highest BCUT2D eigenvalue weighted by atomic mass is 16.7. The Morgan fingerprint density at radius 1 is 0.341 bits per heavy atom. The lowest BCUT2D eigenvalue weighted by Gasteiger charge is -2.26. The summed E-state index contributed by atoms with van der Waals surface area (Å²) in [4.78, 5) is 37.6. The molecule has 0 aliphatic carbocycles. The zero-order valence-corrected chi connectivity index (χ0v) is 61.2. The molecule has 2 unspecified atom stereocenters. The Morgan fingerprint density at radius 2 is 0.626 bits per heavy atom. The van der Waals surface area contributed by atoms with Crippen LogP contribution < -0.4 is 5.11 Å². The highest BCUT2D eigenvalue weighted by Crippen LogP contribution is 2.20. The van der Waals surface area contributed by atoms with Gasteiger partial charge in [0, 0.05) is 12.8 Å². The molecule has 9 heteroatoms. The molecule has 9 nitrogen and oxygen atoms in total. The fraction of sp³-hybridized carbons (Fsp3) is 0.866. The van der Waals surface area contributed by atoms with E-state index in [9.17, 15) is 19.5 Å². The number of quaternary nitrogens is 1. The first-order chi connectivity index (χ1) is 44.6. The fourth-order valence-corrected chi connectivity index (χ4v) is 12.1. The molecule has 0 saturated carbocycles. The molecular weight excluding hydrogens is 1130 g/mol. The van der Waals surface area contributed by atoms with Gasteiger partial charge in [-0.05, 0) is 51.4 Å². The van der Waals surface area contributed by atoms with Crippen LogP contribution in [0.3, 0.4) is 0 Å². The standard InChI is InChI=1S/C82H153NO8/c1-6-8-10-12-14-16-18-20-22-24-26-28-30-32-34-36-37-38-39-40-41-42-43-45-46-48-50-52-54-56-58-60-62-64-66-68-70-72-79(84)89-76-78(77-90-82(81(86)87)88-75-74-83(3,4)5)91-80(85)73-71-69-67-65-63-61-59-57-55-53-51-49-47-44-35-33-31-29-27-25-23-21-19-17-15-13-11-9-7-2/h9,11,15,17,21,23,27,29,78,82H,6-8,10,12-14,16,18-20,22,24-26,28,30-77H2,1-5H3/b11-9-,17-15-,23-21-,29-27-. The second kappa shape index (κ2) is 73.1. The summed E-state index contributed by atoms with van der Waals surface area (Å²) in [5.41, 5.74) is 0. The first-order valence-corrected chi connectivity index (χ1v) is 39.8. The van der Waals surface area contributed by atoms with Gasteiger partial charge in [0.1, 0.15) is 13.2 Å². The normalized spacial score (nSPS) is 12.8. The number of esters is 2. The number of nitrogens with zero attached hydrogens (tertiary/aromatic N) is 1. The zero-order chi connectivity index (χ0) is 66.1. The quantitative estimate of drug-likeness (QED) is 0.0195. The number of unbranched alkanes of at least 4 members (excludes halogenated alkanes) is 52. The summed E-state index contributed by atoms with van der Waals surface area (Å²) in [6.45, 7) is 4.71. The Balaban J connectivity index is 3.96. The van der Waals surface area contributed by atoms with E-state index in [1.54, 1.807) is 0 Å². The smallest absolute Gasteiger partial charge is 0.306 e.